The summed E-state index contributed by atoms with van der Waals surface area (Å²) in [5, 5.41) is 0. The van der Waals surface area contributed by atoms with Crippen LogP contribution < -0.4 is 10.5 Å². The summed E-state index contributed by atoms with van der Waals surface area (Å²) >= 11 is -7.50. The van der Waals surface area contributed by atoms with Gasteiger partial charge < -0.3 is 0 Å². The van der Waals surface area contributed by atoms with Crippen molar-refractivity contribution in [2.45, 2.75) is 0 Å². The van der Waals surface area contributed by atoms with E-state index in [1.54, 1.807) is 0 Å². The van der Waals surface area contributed by atoms with Crippen LogP contribution in [-0.2, 0) is 6.03 Å². The molecule has 4 nitrogen and oxygen atoms in total. The fraction of sp³-hybridized carbons (Fsp3) is 0. The third-order valence-corrected chi connectivity index (χ3v) is 20.5. The first kappa shape index (κ1) is 33.5. The van der Waals surface area contributed by atoms with Gasteiger partial charge in [-0.15, -0.1) is 0 Å². The van der Waals surface area contributed by atoms with Gasteiger partial charge in [-0.1, -0.05) is 0 Å². The van der Waals surface area contributed by atoms with Crippen LogP contribution in [0, 0.1) is 58.2 Å². The zero-order chi connectivity index (χ0) is 34.3. The normalized spacial score (nSPS) is 12.3. The van der Waals surface area contributed by atoms with E-state index in [1.807, 2.05) is 0 Å². The summed E-state index contributed by atoms with van der Waals surface area (Å²) in [6, 6.07) is 18.8. The molecule has 0 fully saturated rings. The van der Waals surface area contributed by atoms with E-state index in [2.05, 4.69) is 0 Å². The summed E-state index contributed by atoms with van der Waals surface area (Å²) in [6.45, 7) is 0. The maximum atomic E-state index is 15.0. The molecule has 0 atom stereocenters. The van der Waals surface area contributed by atoms with Crippen LogP contribution in [-0.4, -0.2) is 30.2 Å². The second kappa shape index (κ2) is 12.4. The molecule has 0 amide bonds. The first-order valence-corrected chi connectivity index (χ1v) is 18.9. The summed E-state index contributed by atoms with van der Waals surface area (Å²) < 4.78 is 156. The van der Waals surface area contributed by atoms with Crippen LogP contribution in [0.25, 0.3) is 0 Å². The van der Waals surface area contributed by atoms with Gasteiger partial charge in [0.1, 0.15) is 0 Å². The fourth-order valence-corrected chi connectivity index (χ4v) is 17.8. The van der Waals surface area contributed by atoms with E-state index in [-0.39, 0.29) is 10.5 Å². The monoisotopic (exact) mass is 774 g/mol. The van der Waals surface area contributed by atoms with Gasteiger partial charge in [0.25, 0.3) is 0 Å². The van der Waals surface area contributed by atoms with Gasteiger partial charge in [-0.2, -0.15) is 0 Å². The summed E-state index contributed by atoms with van der Waals surface area (Å²) in [5.74, 6) is -30.5. The summed E-state index contributed by atoms with van der Waals surface area (Å²) in [6.07, 6.45) is 0. The van der Waals surface area contributed by atoms with E-state index in [1.165, 1.54) is 54.6 Å². The van der Waals surface area contributed by atoms with Crippen molar-refractivity contribution in [1.82, 2.24) is 0 Å². The molecule has 0 radical (unpaired) electrons. The first-order valence-electron chi connectivity index (χ1n) is 13.0. The van der Waals surface area contributed by atoms with Gasteiger partial charge >= 0.3 is 261 Å². The fourth-order valence-electron chi connectivity index (χ4n) is 4.85. The van der Waals surface area contributed by atoms with Gasteiger partial charge in [0.15, 0.2) is 0 Å². The van der Waals surface area contributed by atoms with E-state index < -0.39 is 99.5 Å². The zero-order valence-corrected chi connectivity index (χ0v) is 25.6. The predicted octanol–water partition coefficient (Wildman–Crippen LogP) is 6.21. The minimum atomic E-state index is -7.50. The Morgan fingerprint density at radius 1 is 0.362 bits per heavy atom. The van der Waals surface area contributed by atoms with Crippen molar-refractivity contribution in [3.8, 4) is 0 Å². The number of carbonyl (C=O) groups is 2. The number of rotatable bonds is 7. The van der Waals surface area contributed by atoms with Crippen molar-refractivity contribution in [2.75, 3.05) is 0 Å². The Kier molecular flexibility index (Phi) is 8.84. The van der Waals surface area contributed by atoms with Crippen LogP contribution in [0.4, 0.5) is 43.9 Å². The number of benzene rings is 5. The van der Waals surface area contributed by atoms with Crippen LogP contribution >= 0.6 is 0 Å². The Bertz CT molecular complexity index is 1800. The van der Waals surface area contributed by atoms with Gasteiger partial charge in [-0.25, -0.2) is 0 Å². The minimum absolute atomic E-state index is 0.327. The van der Waals surface area contributed by atoms with Gasteiger partial charge in [0, 0.05) is 0 Å². The molecule has 15 heteroatoms. The molecule has 0 saturated heterocycles. The molecule has 0 spiro atoms. The molecular weight excluding hydrogens is 760 g/mol. The Morgan fingerprint density at radius 2 is 0.574 bits per heavy atom. The van der Waals surface area contributed by atoms with Crippen molar-refractivity contribution < 1.29 is 59.5 Å². The first-order chi connectivity index (χ1) is 22.3. The molecule has 0 bridgehead atoms. The molecule has 242 valence electrons. The van der Waals surface area contributed by atoms with Crippen molar-refractivity contribution in [1.29, 1.82) is 0 Å². The third kappa shape index (κ3) is 5.11. The molecule has 0 unspecified atom stereocenters. The van der Waals surface area contributed by atoms with Crippen LogP contribution in [0.2, 0.25) is 0 Å². The summed E-state index contributed by atoms with van der Waals surface area (Å²) in [4.78, 5) is 27.7. The van der Waals surface area contributed by atoms with Gasteiger partial charge in [0.05, 0.1) is 0 Å². The quantitative estimate of drug-likeness (QED) is 0.0856. The summed E-state index contributed by atoms with van der Waals surface area (Å²) in [5.41, 5.74) is -4.26. The van der Waals surface area contributed by atoms with Crippen molar-refractivity contribution in [3.05, 3.63) is 160 Å². The van der Waals surface area contributed by atoms with E-state index >= 15 is 0 Å². The SMILES string of the molecule is O=C([O][Sb]([O]C(=O)c1c(F)c(F)c(F)c(F)c1F)([c]1ccccc1)([c]1ccccc1)[c]1ccccc1)c1c(F)c(F)c(F)c(F)c1F. The Hall–Kier alpha value is -4.84. The average Bonchev–Trinajstić information content (AvgIpc) is 3.09. The maximum absolute atomic E-state index is 15.0. The van der Waals surface area contributed by atoms with Crippen molar-refractivity contribution >= 4 is 40.7 Å². The predicted molar refractivity (Wildman–Crippen MR) is 147 cm³/mol. The van der Waals surface area contributed by atoms with Crippen LogP contribution in [0.15, 0.2) is 91.0 Å². The number of hydrogen-bond donors (Lipinski definition) is 0. The van der Waals surface area contributed by atoms with Gasteiger partial charge in [-0.05, 0) is 0 Å². The number of carbonyl (C=O) groups excluding carboxylic acids is 2. The molecule has 5 aromatic rings. The Balaban J connectivity index is 1.95. The molecule has 5 aromatic carbocycles. The molecule has 0 aliphatic rings. The molecule has 0 aliphatic heterocycles. The third-order valence-electron chi connectivity index (χ3n) is 7.02. The molecule has 5 rings (SSSR count). The molecule has 0 N–H and O–H groups in total. The van der Waals surface area contributed by atoms with E-state index in [4.69, 9.17) is 6.03 Å². The topological polar surface area (TPSA) is 52.6 Å². The second-order valence-corrected chi connectivity index (χ2v) is 20.5. The zero-order valence-electron chi connectivity index (χ0n) is 23.0. The molecule has 0 aliphatic carbocycles. The van der Waals surface area contributed by atoms with E-state index in [0.29, 0.717) is 0 Å². The van der Waals surface area contributed by atoms with Crippen LogP contribution in [0.5, 0.6) is 0 Å². The van der Waals surface area contributed by atoms with Crippen molar-refractivity contribution in [2.24, 2.45) is 0 Å². The molecule has 0 aromatic heterocycles. The van der Waals surface area contributed by atoms with E-state index in [0.717, 1.165) is 36.4 Å². The van der Waals surface area contributed by atoms with E-state index in [9.17, 15) is 53.5 Å². The number of hydrogen-bond acceptors (Lipinski definition) is 4. The van der Waals surface area contributed by atoms with Crippen molar-refractivity contribution in [3.63, 3.8) is 0 Å². The summed E-state index contributed by atoms with van der Waals surface area (Å²) in [7, 11) is 0. The number of halogens is 10. The Labute approximate surface area is 260 Å². The molecule has 0 saturated carbocycles. The molecule has 47 heavy (non-hydrogen) atoms. The van der Waals surface area contributed by atoms with Gasteiger partial charge in [-0.3, -0.25) is 0 Å². The average molecular weight is 775 g/mol. The molecular formula is C32H15F10O4Sb. The van der Waals surface area contributed by atoms with Crippen LogP contribution in [0.1, 0.15) is 20.7 Å². The Morgan fingerprint density at radius 3 is 0.809 bits per heavy atom. The molecule has 0 heterocycles. The second-order valence-electron chi connectivity index (χ2n) is 9.61. The standard InChI is InChI=1S/2C7HF5O2.3C6H5.Sb/c2*8-2-1(7(13)14)3(9)5(11)6(12)4(2)10;3*1-2-4-6-5-3-1;/h2*(H,13,14);3*1-5H;/q;;;;;+2/p-2. The van der Waals surface area contributed by atoms with Gasteiger partial charge in [0.2, 0.25) is 0 Å². The van der Waals surface area contributed by atoms with Crippen LogP contribution in [0.3, 0.4) is 0 Å².